The van der Waals surface area contributed by atoms with Crippen molar-refractivity contribution in [3.05, 3.63) is 29.3 Å². The molecule has 116 valence electrons. The first kappa shape index (κ1) is 16.3. The molecule has 2 aromatic rings. The van der Waals surface area contributed by atoms with Gasteiger partial charge in [-0.25, -0.2) is 4.79 Å². The number of urea groups is 1. The predicted molar refractivity (Wildman–Crippen MR) is 84.6 cm³/mol. The summed E-state index contributed by atoms with van der Waals surface area (Å²) < 4.78 is 1.88. The Morgan fingerprint density at radius 3 is 2.59 bits per heavy atom. The molecule has 22 heavy (non-hydrogen) atoms. The van der Waals surface area contributed by atoms with E-state index in [4.69, 9.17) is 17.3 Å². The summed E-state index contributed by atoms with van der Waals surface area (Å²) in [5.74, 6) is 0.245. The molecule has 1 aromatic heterocycles. The van der Waals surface area contributed by atoms with Crippen LogP contribution >= 0.6 is 23.4 Å². The van der Waals surface area contributed by atoms with Gasteiger partial charge < -0.3 is 10.3 Å². The number of nitrogens with two attached hydrogens (primary N) is 1. The molecule has 0 atom stereocenters. The SMILES string of the molecule is CCn1c(SCC(=O)NC(N)=O)nnc1-c1ccc(Cl)cc1. The first-order chi connectivity index (χ1) is 10.5. The van der Waals surface area contributed by atoms with Gasteiger partial charge in [0, 0.05) is 17.1 Å². The van der Waals surface area contributed by atoms with Crippen LogP contribution in [0.3, 0.4) is 0 Å². The fourth-order valence-corrected chi connectivity index (χ4v) is 2.72. The van der Waals surface area contributed by atoms with Gasteiger partial charge in [0.1, 0.15) is 0 Å². The second-order valence-electron chi connectivity index (χ2n) is 4.26. The van der Waals surface area contributed by atoms with Crippen LogP contribution in [-0.4, -0.2) is 32.5 Å². The summed E-state index contributed by atoms with van der Waals surface area (Å²) in [7, 11) is 0. The van der Waals surface area contributed by atoms with Gasteiger partial charge >= 0.3 is 6.03 Å². The Morgan fingerprint density at radius 1 is 1.32 bits per heavy atom. The number of benzene rings is 1. The van der Waals surface area contributed by atoms with Gasteiger partial charge in [0.25, 0.3) is 0 Å². The average Bonchev–Trinajstić information content (AvgIpc) is 2.88. The number of imide groups is 1. The maximum absolute atomic E-state index is 11.4. The van der Waals surface area contributed by atoms with Crippen LogP contribution in [0.4, 0.5) is 4.79 Å². The van der Waals surface area contributed by atoms with Crippen molar-refractivity contribution < 1.29 is 9.59 Å². The number of halogens is 1. The van der Waals surface area contributed by atoms with Crippen molar-refractivity contribution in [2.75, 3.05) is 5.75 Å². The fraction of sp³-hybridized carbons (Fsp3) is 0.231. The molecule has 0 bridgehead atoms. The summed E-state index contributed by atoms with van der Waals surface area (Å²) in [5, 5.41) is 11.5. The molecule has 0 saturated heterocycles. The standard InChI is InChI=1S/C13H14ClN5O2S/c1-2-19-11(8-3-5-9(14)6-4-8)17-18-13(19)22-7-10(20)16-12(15)21/h3-6H,2,7H2,1H3,(H3,15,16,20,21). The lowest BCUT2D eigenvalue weighted by Crippen LogP contribution is -2.36. The minimum absolute atomic E-state index is 0.0295. The van der Waals surface area contributed by atoms with E-state index < -0.39 is 11.9 Å². The number of hydrogen-bond acceptors (Lipinski definition) is 5. The normalized spacial score (nSPS) is 10.5. The lowest BCUT2D eigenvalue weighted by Gasteiger charge is -2.07. The van der Waals surface area contributed by atoms with Gasteiger partial charge in [-0.3, -0.25) is 10.1 Å². The third-order valence-electron chi connectivity index (χ3n) is 2.73. The largest absolute Gasteiger partial charge is 0.351 e. The molecule has 0 aliphatic carbocycles. The topological polar surface area (TPSA) is 103 Å². The first-order valence-corrected chi connectivity index (χ1v) is 7.78. The van der Waals surface area contributed by atoms with E-state index in [0.29, 0.717) is 22.5 Å². The minimum Gasteiger partial charge on any atom is -0.351 e. The summed E-state index contributed by atoms with van der Waals surface area (Å²) >= 11 is 7.06. The Balaban J connectivity index is 2.15. The van der Waals surface area contributed by atoms with Crippen molar-refractivity contribution in [3.8, 4) is 11.4 Å². The summed E-state index contributed by atoms with van der Waals surface area (Å²) in [6, 6.07) is 6.39. The van der Waals surface area contributed by atoms with E-state index in [1.807, 2.05) is 28.9 Å². The average molecular weight is 340 g/mol. The van der Waals surface area contributed by atoms with Crippen LogP contribution in [0.25, 0.3) is 11.4 Å². The lowest BCUT2D eigenvalue weighted by atomic mass is 10.2. The maximum atomic E-state index is 11.4. The molecular formula is C13H14ClN5O2S. The molecule has 0 aliphatic rings. The third-order valence-corrected chi connectivity index (χ3v) is 3.95. The summed E-state index contributed by atoms with van der Waals surface area (Å²) in [6.45, 7) is 2.60. The van der Waals surface area contributed by atoms with Crippen LogP contribution in [-0.2, 0) is 11.3 Å². The Hall–Kier alpha value is -2.06. The molecular weight excluding hydrogens is 326 g/mol. The number of nitrogens with zero attached hydrogens (tertiary/aromatic N) is 3. The van der Waals surface area contributed by atoms with E-state index >= 15 is 0 Å². The molecule has 3 amide bonds. The molecule has 7 nitrogen and oxygen atoms in total. The number of primary amides is 1. The number of hydrogen-bond donors (Lipinski definition) is 2. The van der Waals surface area contributed by atoms with Crippen LogP contribution in [0.2, 0.25) is 5.02 Å². The van der Waals surface area contributed by atoms with Gasteiger partial charge in [0.15, 0.2) is 11.0 Å². The summed E-state index contributed by atoms with van der Waals surface area (Å²) in [4.78, 5) is 22.0. The molecule has 3 N–H and O–H groups in total. The van der Waals surface area contributed by atoms with E-state index in [-0.39, 0.29) is 5.75 Å². The van der Waals surface area contributed by atoms with Crippen molar-refractivity contribution in [3.63, 3.8) is 0 Å². The summed E-state index contributed by atoms with van der Waals surface area (Å²) in [6.07, 6.45) is 0. The highest BCUT2D eigenvalue weighted by molar-refractivity contribution is 7.99. The van der Waals surface area contributed by atoms with Crippen molar-refractivity contribution in [1.29, 1.82) is 0 Å². The van der Waals surface area contributed by atoms with E-state index in [1.54, 1.807) is 12.1 Å². The molecule has 9 heteroatoms. The Labute approximate surface area is 136 Å². The zero-order chi connectivity index (χ0) is 16.1. The Kier molecular flexibility index (Phi) is 5.40. The van der Waals surface area contributed by atoms with Crippen LogP contribution in [0.5, 0.6) is 0 Å². The van der Waals surface area contributed by atoms with E-state index in [9.17, 15) is 9.59 Å². The number of rotatable bonds is 5. The predicted octanol–water partition coefficient (Wildman–Crippen LogP) is 1.91. The van der Waals surface area contributed by atoms with Gasteiger partial charge in [-0.15, -0.1) is 10.2 Å². The zero-order valence-corrected chi connectivity index (χ0v) is 13.3. The molecule has 2 rings (SSSR count). The van der Waals surface area contributed by atoms with E-state index in [0.717, 1.165) is 5.56 Å². The molecule has 0 aliphatic heterocycles. The Bertz CT molecular complexity index is 686. The van der Waals surface area contributed by atoms with Crippen LogP contribution < -0.4 is 11.1 Å². The van der Waals surface area contributed by atoms with Crippen molar-refractivity contribution in [2.45, 2.75) is 18.6 Å². The van der Waals surface area contributed by atoms with Gasteiger partial charge in [-0.1, -0.05) is 23.4 Å². The second-order valence-corrected chi connectivity index (χ2v) is 5.64. The monoisotopic (exact) mass is 339 g/mol. The molecule has 1 aromatic carbocycles. The lowest BCUT2D eigenvalue weighted by molar-refractivity contribution is -0.117. The maximum Gasteiger partial charge on any atom is 0.318 e. The minimum atomic E-state index is -0.871. The smallest absolute Gasteiger partial charge is 0.318 e. The van der Waals surface area contributed by atoms with Crippen LogP contribution in [0.15, 0.2) is 29.4 Å². The first-order valence-electron chi connectivity index (χ1n) is 6.42. The van der Waals surface area contributed by atoms with Crippen molar-refractivity contribution >= 4 is 35.3 Å². The van der Waals surface area contributed by atoms with Gasteiger partial charge in [0.2, 0.25) is 5.91 Å². The number of aromatic nitrogens is 3. The second kappa shape index (κ2) is 7.28. The number of amides is 3. The zero-order valence-electron chi connectivity index (χ0n) is 11.7. The van der Waals surface area contributed by atoms with Gasteiger partial charge in [0.05, 0.1) is 5.75 Å². The van der Waals surface area contributed by atoms with E-state index in [2.05, 4.69) is 10.2 Å². The highest BCUT2D eigenvalue weighted by Crippen LogP contribution is 2.24. The number of nitrogens with one attached hydrogen (secondary N) is 1. The van der Waals surface area contributed by atoms with Crippen LogP contribution in [0, 0.1) is 0 Å². The number of carbonyl (C=O) groups excluding carboxylic acids is 2. The van der Waals surface area contributed by atoms with Crippen LogP contribution in [0.1, 0.15) is 6.92 Å². The quantitative estimate of drug-likeness (QED) is 0.810. The molecule has 1 heterocycles. The number of thioether (sulfide) groups is 1. The molecule has 0 unspecified atom stereocenters. The fourth-order valence-electron chi connectivity index (χ4n) is 1.80. The van der Waals surface area contributed by atoms with Crippen molar-refractivity contribution in [1.82, 2.24) is 20.1 Å². The van der Waals surface area contributed by atoms with Crippen molar-refractivity contribution in [2.24, 2.45) is 5.73 Å². The number of carbonyl (C=O) groups is 2. The molecule has 0 fully saturated rings. The highest BCUT2D eigenvalue weighted by Gasteiger charge is 2.15. The Morgan fingerprint density at radius 2 is 2.00 bits per heavy atom. The third kappa shape index (κ3) is 3.99. The van der Waals surface area contributed by atoms with Gasteiger partial charge in [-0.2, -0.15) is 0 Å². The molecule has 0 saturated carbocycles. The molecule has 0 radical (unpaired) electrons. The van der Waals surface area contributed by atoms with Gasteiger partial charge in [-0.05, 0) is 31.2 Å². The highest BCUT2D eigenvalue weighted by atomic mass is 35.5. The summed E-state index contributed by atoms with van der Waals surface area (Å²) in [5.41, 5.74) is 5.77. The molecule has 0 spiro atoms. The van der Waals surface area contributed by atoms with E-state index in [1.165, 1.54) is 11.8 Å².